The molecule has 3 rings (SSSR count). The van der Waals surface area contributed by atoms with Crippen LogP contribution in [0.25, 0.3) is 5.65 Å². The molecule has 1 fully saturated rings. The molecule has 0 amide bonds. The van der Waals surface area contributed by atoms with Gasteiger partial charge in [-0.3, -0.25) is 0 Å². The van der Waals surface area contributed by atoms with Gasteiger partial charge >= 0.3 is 5.69 Å². The van der Waals surface area contributed by atoms with E-state index in [2.05, 4.69) is 20.5 Å². The Balaban J connectivity index is 1.82. The fourth-order valence-electron chi connectivity index (χ4n) is 2.40. The number of rotatable bonds is 4. The van der Waals surface area contributed by atoms with Crippen LogP contribution in [0, 0.1) is 6.92 Å². The number of nitrogens with one attached hydrogen (secondary N) is 2. The Hall–Kier alpha value is -1.93. The summed E-state index contributed by atoms with van der Waals surface area (Å²) in [5, 5.41) is 9.59. The van der Waals surface area contributed by atoms with Gasteiger partial charge in [0.15, 0.2) is 5.65 Å². The van der Waals surface area contributed by atoms with Crippen LogP contribution in [-0.2, 0) is 9.47 Å². The van der Waals surface area contributed by atoms with Crippen molar-refractivity contribution in [3.63, 3.8) is 0 Å². The zero-order chi connectivity index (χ0) is 14.2. The summed E-state index contributed by atoms with van der Waals surface area (Å²) < 4.78 is 12.4. The first kappa shape index (κ1) is 13.1. The van der Waals surface area contributed by atoms with E-state index in [1.807, 2.05) is 0 Å². The second kappa shape index (κ2) is 4.88. The maximum Gasteiger partial charge on any atom is 0.349 e. The maximum absolute atomic E-state index is 11.5. The first-order chi connectivity index (χ1) is 9.63. The van der Waals surface area contributed by atoms with Gasteiger partial charge in [-0.1, -0.05) is 0 Å². The predicted octanol–water partition coefficient (Wildman–Crippen LogP) is -0.0566. The molecule has 2 aromatic rings. The van der Waals surface area contributed by atoms with E-state index < -0.39 is 0 Å². The Kier molecular flexibility index (Phi) is 3.19. The standard InChI is InChI=1S/C12H17N5O3/c1-8-14-9(5-10-15-16-11(18)17(8)10)13-6-12(19-2)3-4-20-7-12/h5,13H,3-4,6-7H2,1-2H3,(H,16,18). The van der Waals surface area contributed by atoms with Crippen LogP contribution in [0.15, 0.2) is 10.9 Å². The summed E-state index contributed by atoms with van der Waals surface area (Å²) in [6.07, 6.45) is 0.847. The minimum atomic E-state index is -0.313. The molecule has 8 nitrogen and oxygen atoms in total. The van der Waals surface area contributed by atoms with Crippen molar-refractivity contribution in [2.24, 2.45) is 0 Å². The van der Waals surface area contributed by atoms with E-state index in [-0.39, 0.29) is 11.3 Å². The summed E-state index contributed by atoms with van der Waals surface area (Å²) in [5.74, 6) is 1.25. The maximum atomic E-state index is 11.5. The first-order valence-electron chi connectivity index (χ1n) is 6.45. The quantitative estimate of drug-likeness (QED) is 0.814. The van der Waals surface area contributed by atoms with Crippen molar-refractivity contribution < 1.29 is 9.47 Å². The number of ether oxygens (including phenoxy) is 2. The average molecular weight is 279 g/mol. The molecule has 0 aromatic carbocycles. The third kappa shape index (κ3) is 2.16. The molecule has 1 aliphatic heterocycles. The number of anilines is 1. The van der Waals surface area contributed by atoms with E-state index in [9.17, 15) is 4.79 Å². The van der Waals surface area contributed by atoms with E-state index in [1.165, 1.54) is 4.40 Å². The number of aromatic nitrogens is 4. The predicted molar refractivity (Wildman–Crippen MR) is 72.0 cm³/mol. The molecule has 0 radical (unpaired) electrons. The Morgan fingerprint density at radius 3 is 3.20 bits per heavy atom. The van der Waals surface area contributed by atoms with Gasteiger partial charge in [-0.15, -0.1) is 0 Å². The van der Waals surface area contributed by atoms with Gasteiger partial charge in [0.2, 0.25) is 0 Å². The Labute approximate surface area is 115 Å². The van der Waals surface area contributed by atoms with Crippen molar-refractivity contribution in [1.82, 2.24) is 19.6 Å². The van der Waals surface area contributed by atoms with E-state index in [0.717, 1.165) is 6.42 Å². The second-order valence-electron chi connectivity index (χ2n) is 4.95. The number of hydrogen-bond donors (Lipinski definition) is 2. The van der Waals surface area contributed by atoms with Crippen molar-refractivity contribution >= 4 is 11.5 Å². The summed E-state index contributed by atoms with van der Waals surface area (Å²) in [6.45, 7) is 3.63. The number of methoxy groups -OCH3 is 1. The van der Waals surface area contributed by atoms with Gasteiger partial charge in [-0.2, -0.15) is 5.10 Å². The molecular weight excluding hydrogens is 262 g/mol. The SMILES string of the molecule is COC1(CNc2cc3n[nH]c(=O)n3c(C)n2)CCOC1. The first-order valence-corrected chi connectivity index (χ1v) is 6.45. The van der Waals surface area contributed by atoms with Gasteiger partial charge < -0.3 is 14.8 Å². The van der Waals surface area contributed by atoms with Crippen LogP contribution in [0.2, 0.25) is 0 Å². The van der Waals surface area contributed by atoms with Gasteiger partial charge in [0.1, 0.15) is 17.2 Å². The van der Waals surface area contributed by atoms with Crippen LogP contribution in [0.1, 0.15) is 12.2 Å². The van der Waals surface area contributed by atoms with Crippen LogP contribution >= 0.6 is 0 Å². The smallest absolute Gasteiger partial charge is 0.349 e. The number of aromatic amines is 1. The normalized spacial score (nSPS) is 22.5. The highest BCUT2D eigenvalue weighted by Gasteiger charge is 2.34. The number of hydrogen-bond acceptors (Lipinski definition) is 6. The van der Waals surface area contributed by atoms with Crippen molar-refractivity contribution in [2.75, 3.05) is 32.2 Å². The minimum absolute atomic E-state index is 0.283. The number of fused-ring (bicyclic) bond motifs is 1. The highest BCUT2D eigenvalue weighted by Crippen LogP contribution is 2.23. The van der Waals surface area contributed by atoms with Crippen molar-refractivity contribution in [1.29, 1.82) is 0 Å². The van der Waals surface area contributed by atoms with Crippen molar-refractivity contribution in [3.8, 4) is 0 Å². The van der Waals surface area contributed by atoms with Crippen molar-refractivity contribution in [2.45, 2.75) is 18.9 Å². The van der Waals surface area contributed by atoms with Gasteiger partial charge in [0.05, 0.1) is 6.61 Å². The molecule has 20 heavy (non-hydrogen) atoms. The summed E-state index contributed by atoms with van der Waals surface area (Å²) in [5.41, 5.74) is -0.0549. The molecule has 2 aromatic heterocycles. The molecule has 1 atom stereocenters. The molecule has 108 valence electrons. The molecule has 0 saturated carbocycles. The third-order valence-corrected chi connectivity index (χ3v) is 3.66. The lowest BCUT2D eigenvalue weighted by Crippen LogP contribution is -2.39. The molecule has 2 N–H and O–H groups in total. The zero-order valence-electron chi connectivity index (χ0n) is 11.5. The summed E-state index contributed by atoms with van der Waals surface area (Å²) in [6, 6.07) is 1.73. The Morgan fingerprint density at radius 1 is 1.65 bits per heavy atom. The Bertz CT molecular complexity index is 671. The number of nitrogens with zero attached hydrogens (tertiary/aromatic N) is 3. The highest BCUT2D eigenvalue weighted by atomic mass is 16.5. The number of H-pyrrole nitrogens is 1. The van der Waals surface area contributed by atoms with E-state index in [0.29, 0.717) is 37.0 Å². The van der Waals surface area contributed by atoms with Gasteiger partial charge in [0, 0.05) is 32.7 Å². The Morgan fingerprint density at radius 2 is 2.50 bits per heavy atom. The minimum Gasteiger partial charge on any atom is -0.378 e. The topological polar surface area (TPSA) is 93.5 Å². The van der Waals surface area contributed by atoms with Crippen LogP contribution in [0.4, 0.5) is 5.82 Å². The van der Waals surface area contributed by atoms with Gasteiger partial charge in [-0.05, 0) is 6.92 Å². The molecular formula is C12H17N5O3. The average Bonchev–Trinajstić information content (AvgIpc) is 3.05. The summed E-state index contributed by atoms with van der Waals surface area (Å²) in [7, 11) is 1.69. The van der Waals surface area contributed by atoms with Gasteiger partial charge in [0.25, 0.3) is 0 Å². The van der Waals surface area contributed by atoms with Crippen LogP contribution in [0.5, 0.6) is 0 Å². The number of aryl methyl sites for hydroxylation is 1. The second-order valence-corrected chi connectivity index (χ2v) is 4.95. The lowest BCUT2D eigenvalue weighted by atomic mass is 10.0. The highest BCUT2D eigenvalue weighted by molar-refractivity contribution is 5.49. The van der Waals surface area contributed by atoms with E-state index in [4.69, 9.17) is 9.47 Å². The molecule has 1 unspecified atom stereocenters. The van der Waals surface area contributed by atoms with Gasteiger partial charge in [-0.25, -0.2) is 19.3 Å². The summed E-state index contributed by atoms with van der Waals surface area (Å²) in [4.78, 5) is 15.9. The van der Waals surface area contributed by atoms with Crippen LogP contribution < -0.4 is 11.0 Å². The fraction of sp³-hybridized carbons (Fsp3) is 0.583. The molecule has 0 spiro atoms. The monoisotopic (exact) mass is 279 g/mol. The largest absolute Gasteiger partial charge is 0.378 e. The van der Waals surface area contributed by atoms with Crippen molar-refractivity contribution in [3.05, 3.63) is 22.4 Å². The molecule has 1 saturated heterocycles. The van der Waals surface area contributed by atoms with E-state index >= 15 is 0 Å². The lowest BCUT2D eigenvalue weighted by molar-refractivity contribution is -0.00625. The van der Waals surface area contributed by atoms with Crippen LogP contribution in [-0.4, -0.2) is 52.1 Å². The molecule has 0 bridgehead atoms. The third-order valence-electron chi connectivity index (χ3n) is 3.66. The summed E-state index contributed by atoms with van der Waals surface area (Å²) >= 11 is 0. The molecule has 8 heteroatoms. The van der Waals surface area contributed by atoms with E-state index in [1.54, 1.807) is 20.1 Å². The zero-order valence-corrected chi connectivity index (χ0v) is 11.5. The molecule has 3 heterocycles. The molecule has 0 aliphatic carbocycles. The van der Waals surface area contributed by atoms with Crippen LogP contribution in [0.3, 0.4) is 0 Å². The fourth-order valence-corrected chi connectivity index (χ4v) is 2.40. The molecule has 1 aliphatic rings. The lowest BCUT2D eigenvalue weighted by Gasteiger charge is -2.26.